The minimum absolute atomic E-state index is 0.0997. The van der Waals surface area contributed by atoms with Gasteiger partial charge in [0.25, 0.3) is 0 Å². The Kier molecular flexibility index (Phi) is 7.33. The highest BCUT2D eigenvalue weighted by molar-refractivity contribution is 7.89. The average Bonchev–Trinajstić information content (AvgIpc) is 3.44. The number of aromatic nitrogens is 4. The van der Waals surface area contributed by atoms with E-state index in [4.69, 9.17) is 18.9 Å². The Bertz CT molecular complexity index is 1500. The molecule has 0 fully saturated rings. The first kappa shape index (κ1) is 25.7. The number of nitrogens with zero attached hydrogens (tertiary/aromatic N) is 5. The summed E-state index contributed by atoms with van der Waals surface area (Å²) in [4.78, 5) is 0.709. The lowest BCUT2D eigenvalue weighted by molar-refractivity contribution is 0.353. The summed E-state index contributed by atoms with van der Waals surface area (Å²) in [5, 5.41) is 14.0. The van der Waals surface area contributed by atoms with E-state index >= 15 is 0 Å². The van der Waals surface area contributed by atoms with Gasteiger partial charge in [-0.3, -0.25) is 0 Å². The van der Waals surface area contributed by atoms with E-state index in [2.05, 4.69) is 15.3 Å². The number of rotatable bonds is 10. The molecule has 0 amide bonds. The summed E-state index contributed by atoms with van der Waals surface area (Å²) in [6.07, 6.45) is 0.730. The van der Waals surface area contributed by atoms with Crippen molar-refractivity contribution in [2.45, 2.75) is 17.7 Å². The van der Waals surface area contributed by atoms with E-state index in [0.717, 1.165) is 14.9 Å². The van der Waals surface area contributed by atoms with Crippen molar-refractivity contribution in [1.29, 1.82) is 0 Å². The standard InChI is InChI=1S/C23H27N5O6S2/c1-27(2)36(29,30)20-13-19(34-6)18(33-5)11-15(20)12-21-24-25-23-28(21)26-22(35-23)10-14-7-8-16(31-3)17(9-14)32-4/h7-9,11,13H,10,12H2,1-6H3. The van der Waals surface area contributed by atoms with Crippen molar-refractivity contribution in [3.05, 3.63) is 52.3 Å². The largest absolute Gasteiger partial charge is 0.493 e. The first-order chi connectivity index (χ1) is 17.2. The van der Waals surface area contributed by atoms with Crippen LogP contribution in [-0.4, -0.2) is 75.1 Å². The summed E-state index contributed by atoms with van der Waals surface area (Å²) >= 11 is 1.41. The summed E-state index contributed by atoms with van der Waals surface area (Å²) in [5.41, 5.74) is 1.49. The number of benzene rings is 2. The molecule has 4 rings (SSSR count). The van der Waals surface area contributed by atoms with Gasteiger partial charge in [0.15, 0.2) is 28.8 Å². The topological polar surface area (TPSA) is 117 Å². The fraction of sp³-hybridized carbons (Fsp3) is 0.348. The smallest absolute Gasteiger partial charge is 0.242 e. The molecule has 13 heteroatoms. The second-order valence-electron chi connectivity index (χ2n) is 7.95. The maximum atomic E-state index is 13.1. The minimum atomic E-state index is -3.77. The van der Waals surface area contributed by atoms with E-state index in [9.17, 15) is 8.42 Å². The van der Waals surface area contributed by atoms with Crippen molar-refractivity contribution in [2.24, 2.45) is 0 Å². The van der Waals surface area contributed by atoms with E-state index in [0.29, 0.717) is 45.8 Å². The summed E-state index contributed by atoms with van der Waals surface area (Å²) in [6.45, 7) is 0. The third-order valence-corrected chi connectivity index (χ3v) is 8.37. The molecule has 0 bridgehead atoms. The maximum Gasteiger partial charge on any atom is 0.242 e. The maximum absolute atomic E-state index is 13.1. The van der Waals surface area contributed by atoms with Gasteiger partial charge in [-0.1, -0.05) is 17.4 Å². The zero-order chi connectivity index (χ0) is 26.0. The molecule has 0 aliphatic carbocycles. The molecule has 0 radical (unpaired) electrons. The highest BCUT2D eigenvalue weighted by Crippen LogP contribution is 2.35. The quantitative estimate of drug-likeness (QED) is 0.303. The average molecular weight is 534 g/mol. The van der Waals surface area contributed by atoms with E-state index < -0.39 is 10.0 Å². The number of methoxy groups -OCH3 is 4. The molecule has 2 heterocycles. The van der Waals surface area contributed by atoms with Crippen molar-refractivity contribution < 1.29 is 27.4 Å². The Morgan fingerprint density at radius 3 is 2.14 bits per heavy atom. The normalized spacial score (nSPS) is 11.8. The van der Waals surface area contributed by atoms with Crippen LogP contribution in [0.15, 0.2) is 35.2 Å². The summed E-state index contributed by atoms with van der Waals surface area (Å²) in [6, 6.07) is 8.82. The Hall–Kier alpha value is -3.42. The monoisotopic (exact) mass is 533 g/mol. The molecule has 0 unspecified atom stereocenters. The third-order valence-electron chi connectivity index (χ3n) is 5.57. The van der Waals surface area contributed by atoms with Gasteiger partial charge in [0.05, 0.1) is 33.3 Å². The van der Waals surface area contributed by atoms with Crippen molar-refractivity contribution in [1.82, 2.24) is 24.1 Å². The molecule has 0 aliphatic rings. The van der Waals surface area contributed by atoms with Gasteiger partial charge in [-0.15, -0.1) is 10.2 Å². The number of fused-ring (bicyclic) bond motifs is 1. The van der Waals surface area contributed by atoms with Crippen molar-refractivity contribution in [3.8, 4) is 23.0 Å². The minimum Gasteiger partial charge on any atom is -0.493 e. The molecule has 0 saturated heterocycles. The molecular weight excluding hydrogens is 506 g/mol. The first-order valence-corrected chi connectivity index (χ1v) is 13.1. The van der Waals surface area contributed by atoms with Crippen molar-refractivity contribution in [3.63, 3.8) is 0 Å². The Labute approximate surface area is 213 Å². The van der Waals surface area contributed by atoms with E-state index in [1.165, 1.54) is 45.7 Å². The Morgan fingerprint density at radius 1 is 0.861 bits per heavy atom. The van der Waals surface area contributed by atoms with Gasteiger partial charge < -0.3 is 18.9 Å². The number of ether oxygens (including phenoxy) is 4. The lowest BCUT2D eigenvalue weighted by Gasteiger charge is -2.17. The van der Waals surface area contributed by atoms with Crippen LogP contribution in [0.3, 0.4) is 0 Å². The molecule has 36 heavy (non-hydrogen) atoms. The Balaban J connectivity index is 1.70. The lowest BCUT2D eigenvalue weighted by atomic mass is 10.1. The van der Waals surface area contributed by atoms with Crippen LogP contribution < -0.4 is 18.9 Å². The highest BCUT2D eigenvalue weighted by Gasteiger charge is 2.26. The van der Waals surface area contributed by atoms with Crippen molar-refractivity contribution >= 4 is 26.3 Å². The van der Waals surface area contributed by atoms with Gasteiger partial charge >= 0.3 is 0 Å². The van der Waals surface area contributed by atoms with Gasteiger partial charge in [-0.2, -0.15) is 9.61 Å². The molecule has 4 aromatic rings. The summed E-state index contributed by atoms with van der Waals surface area (Å²) in [7, 11) is 5.33. The van der Waals surface area contributed by atoms with Crippen LogP contribution in [0.4, 0.5) is 0 Å². The van der Waals surface area contributed by atoms with Gasteiger partial charge in [-0.25, -0.2) is 12.7 Å². The summed E-state index contributed by atoms with van der Waals surface area (Å²) in [5.74, 6) is 2.53. The number of hydrogen-bond acceptors (Lipinski definition) is 10. The highest BCUT2D eigenvalue weighted by atomic mass is 32.2. The van der Waals surface area contributed by atoms with E-state index in [1.807, 2.05) is 18.2 Å². The fourth-order valence-electron chi connectivity index (χ4n) is 3.69. The van der Waals surface area contributed by atoms with Crippen LogP contribution in [0.5, 0.6) is 23.0 Å². The lowest BCUT2D eigenvalue weighted by Crippen LogP contribution is -2.23. The third kappa shape index (κ3) is 4.81. The number of sulfonamides is 1. The molecular formula is C23H27N5O6S2. The fourth-order valence-corrected chi connectivity index (χ4v) is 5.69. The molecule has 0 saturated carbocycles. The van der Waals surface area contributed by atoms with E-state index in [-0.39, 0.29) is 11.3 Å². The Morgan fingerprint density at radius 2 is 1.50 bits per heavy atom. The molecule has 2 aromatic heterocycles. The molecule has 0 aliphatic heterocycles. The summed E-state index contributed by atoms with van der Waals surface area (Å²) < 4.78 is 50.4. The van der Waals surface area contributed by atoms with E-state index in [1.54, 1.807) is 24.8 Å². The number of hydrogen-bond donors (Lipinski definition) is 0. The van der Waals surface area contributed by atoms with Crippen LogP contribution in [0, 0.1) is 0 Å². The van der Waals surface area contributed by atoms with Crippen LogP contribution in [0.25, 0.3) is 4.96 Å². The van der Waals surface area contributed by atoms with Crippen molar-refractivity contribution in [2.75, 3.05) is 42.5 Å². The van der Waals surface area contributed by atoms with Crippen LogP contribution in [0.1, 0.15) is 22.0 Å². The molecule has 2 aromatic carbocycles. The molecule has 11 nitrogen and oxygen atoms in total. The van der Waals surface area contributed by atoms with Gasteiger partial charge in [-0.05, 0) is 29.3 Å². The van der Waals surface area contributed by atoms with Crippen LogP contribution in [0.2, 0.25) is 0 Å². The molecule has 0 atom stereocenters. The first-order valence-electron chi connectivity index (χ1n) is 10.8. The molecule has 0 spiro atoms. The second-order valence-corrected chi connectivity index (χ2v) is 11.1. The van der Waals surface area contributed by atoms with Gasteiger partial charge in [0.2, 0.25) is 15.0 Å². The zero-order valence-corrected chi connectivity index (χ0v) is 22.4. The molecule has 0 N–H and O–H groups in total. The zero-order valence-electron chi connectivity index (χ0n) is 20.8. The predicted molar refractivity (Wildman–Crippen MR) is 134 cm³/mol. The predicted octanol–water partition coefficient (Wildman–Crippen LogP) is 2.65. The van der Waals surface area contributed by atoms with Gasteiger partial charge in [0, 0.05) is 33.0 Å². The SMILES string of the molecule is COc1ccc(Cc2nn3c(Cc4cc(OC)c(OC)cc4S(=O)(=O)N(C)C)nnc3s2)cc1OC. The van der Waals surface area contributed by atoms with Gasteiger partial charge in [0.1, 0.15) is 5.01 Å². The van der Waals surface area contributed by atoms with Crippen LogP contribution >= 0.6 is 11.3 Å². The molecule has 192 valence electrons. The van der Waals surface area contributed by atoms with Crippen LogP contribution in [-0.2, 0) is 22.9 Å². The second kappa shape index (κ2) is 10.3.